The van der Waals surface area contributed by atoms with Crippen LogP contribution in [0.4, 0.5) is 0 Å². The Morgan fingerprint density at radius 1 is 1.38 bits per heavy atom. The van der Waals surface area contributed by atoms with Gasteiger partial charge >= 0.3 is 0 Å². The van der Waals surface area contributed by atoms with Crippen LogP contribution >= 0.6 is 0 Å². The van der Waals surface area contributed by atoms with E-state index in [1.807, 2.05) is 0 Å². The molecule has 1 aliphatic carbocycles. The van der Waals surface area contributed by atoms with Gasteiger partial charge in [0, 0.05) is 6.61 Å². The van der Waals surface area contributed by atoms with Crippen LogP contribution in [-0.2, 0) is 4.74 Å². The van der Waals surface area contributed by atoms with Gasteiger partial charge in [-0.25, -0.2) is 0 Å². The monoisotopic (exact) mass is 226 g/mol. The minimum atomic E-state index is -0.138. The van der Waals surface area contributed by atoms with Crippen LogP contribution in [0.2, 0.25) is 0 Å². The van der Waals surface area contributed by atoms with Crippen molar-refractivity contribution < 1.29 is 9.84 Å². The van der Waals surface area contributed by atoms with Crippen LogP contribution in [0.15, 0.2) is 0 Å². The normalized spacial score (nSPS) is 31.1. The van der Waals surface area contributed by atoms with Crippen molar-refractivity contribution >= 4 is 0 Å². The van der Waals surface area contributed by atoms with Crippen molar-refractivity contribution in [2.24, 2.45) is 11.3 Å². The maximum Gasteiger partial charge on any atom is 0.0686 e. The van der Waals surface area contributed by atoms with Gasteiger partial charge in [0.05, 0.1) is 11.7 Å². The molecule has 2 heteroatoms. The number of ether oxygens (including phenoxy) is 1. The molecule has 1 saturated heterocycles. The Bertz CT molecular complexity index is 238. The van der Waals surface area contributed by atoms with Gasteiger partial charge in [0.1, 0.15) is 0 Å². The van der Waals surface area contributed by atoms with E-state index >= 15 is 0 Å². The molecule has 2 nitrogen and oxygen atoms in total. The lowest BCUT2D eigenvalue weighted by molar-refractivity contribution is -0.158. The fourth-order valence-electron chi connectivity index (χ4n) is 3.11. The fourth-order valence-corrected chi connectivity index (χ4v) is 3.11. The predicted molar refractivity (Wildman–Crippen MR) is 65.3 cm³/mol. The van der Waals surface area contributed by atoms with E-state index in [0.29, 0.717) is 5.92 Å². The first kappa shape index (κ1) is 12.4. The lowest BCUT2D eigenvalue weighted by Gasteiger charge is -2.48. The summed E-state index contributed by atoms with van der Waals surface area (Å²) in [5.74, 6) is 0.466. The number of hydrogen-bond donors (Lipinski definition) is 1. The van der Waals surface area contributed by atoms with Gasteiger partial charge in [-0.05, 0) is 49.9 Å². The van der Waals surface area contributed by atoms with Gasteiger partial charge in [0.2, 0.25) is 0 Å². The molecule has 94 valence electrons. The van der Waals surface area contributed by atoms with Crippen LogP contribution in [0.25, 0.3) is 0 Å². The van der Waals surface area contributed by atoms with E-state index in [1.165, 1.54) is 19.3 Å². The largest absolute Gasteiger partial charge is 0.393 e. The average Bonchev–Trinajstić information content (AvgIpc) is 2.13. The summed E-state index contributed by atoms with van der Waals surface area (Å²) in [5.41, 5.74) is 0.395. The van der Waals surface area contributed by atoms with Crippen LogP contribution < -0.4 is 0 Å². The number of aliphatic hydroxyl groups excluding tert-OH is 1. The van der Waals surface area contributed by atoms with E-state index in [1.54, 1.807) is 0 Å². The second-order valence-electron chi connectivity index (χ2n) is 6.97. The van der Waals surface area contributed by atoms with Gasteiger partial charge in [-0.3, -0.25) is 0 Å². The highest BCUT2D eigenvalue weighted by Crippen LogP contribution is 2.45. The molecule has 2 aliphatic rings. The first-order valence-corrected chi connectivity index (χ1v) is 6.72. The molecular formula is C14H26O2. The molecule has 0 aromatic carbocycles. The standard InChI is InChI=1S/C14H26O2/c1-13(2,3)10-12(15)11-5-8-16-14(9-11)6-4-7-14/h11-12,15H,4-10H2,1-3H3. The molecule has 2 atom stereocenters. The van der Waals surface area contributed by atoms with Crippen molar-refractivity contribution in [3.8, 4) is 0 Å². The molecular weight excluding hydrogens is 200 g/mol. The van der Waals surface area contributed by atoms with E-state index in [9.17, 15) is 5.11 Å². The highest BCUT2D eigenvalue weighted by atomic mass is 16.5. The Morgan fingerprint density at radius 2 is 2.06 bits per heavy atom. The third-order valence-corrected chi connectivity index (χ3v) is 4.16. The zero-order valence-electron chi connectivity index (χ0n) is 11.0. The minimum absolute atomic E-state index is 0.138. The predicted octanol–water partition coefficient (Wildman–Crippen LogP) is 3.13. The second kappa shape index (κ2) is 4.30. The topological polar surface area (TPSA) is 29.5 Å². The molecule has 0 aromatic heterocycles. The van der Waals surface area contributed by atoms with E-state index in [4.69, 9.17) is 4.74 Å². The Labute approximate surface area is 99.4 Å². The van der Waals surface area contributed by atoms with Crippen LogP contribution in [0.1, 0.15) is 59.3 Å². The van der Waals surface area contributed by atoms with Gasteiger partial charge in [-0.2, -0.15) is 0 Å². The number of rotatable bonds is 2. The van der Waals surface area contributed by atoms with Crippen LogP contribution in [0.3, 0.4) is 0 Å². The summed E-state index contributed by atoms with van der Waals surface area (Å²) >= 11 is 0. The van der Waals surface area contributed by atoms with E-state index < -0.39 is 0 Å². The summed E-state index contributed by atoms with van der Waals surface area (Å²) in [7, 11) is 0. The van der Waals surface area contributed by atoms with Crippen molar-refractivity contribution in [2.45, 2.75) is 71.0 Å². The zero-order chi connectivity index (χ0) is 11.8. The van der Waals surface area contributed by atoms with Gasteiger partial charge in [0.25, 0.3) is 0 Å². The highest BCUT2D eigenvalue weighted by molar-refractivity contribution is 4.95. The van der Waals surface area contributed by atoms with Crippen molar-refractivity contribution in [1.29, 1.82) is 0 Å². The van der Waals surface area contributed by atoms with Gasteiger partial charge in [-0.1, -0.05) is 20.8 Å². The molecule has 0 amide bonds. The van der Waals surface area contributed by atoms with E-state index in [2.05, 4.69) is 20.8 Å². The van der Waals surface area contributed by atoms with Crippen molar-refractivity contribution in [2.75, 3.05) is 6.61 Å². The molecule has 16 heavy (non-hydrogen) atoms. The van der Waals surface area contributed by atoms with Crippen molar-refractivity contribution in [1.82, 2.24) is 0 Å². The third-order valence-electron chi connectivity index (χ3n) is 4.16. The molecule has 0 radical (unpaired) electrons. The van der Waals surface area contributed by atoms with Gasteiger partial charge in [-0.15, -0.1) is 0 Å². The lowest BCUT2D eigenvalue weighted by Crippen LogP contribution is -2.48. The zero-order valence-corrected chi connectivity index (χ0v) is 11.0. The first-order valence-electron chi connectivity index (χ1n) is 6.72. The summed E-state index contributed by atoms with van der Waals surface area (Å²) in [6.45, 7) is 7.46. The number of aliphatic hydroxyl groups is 1. The summed E-state index contributed by atoms with van der Waals surface area (Å²) in [4.78, 5) is 0. The molecule has 0 bridgehead atoms. The Morgan fingerprint density at radius 3 is 2.56 bits per heavy atom. The summed E-state index contributed by atoms with van der Waals surface area (Å²) in [6.07, 6.45) is 6.64. The Kier molecular flexibility index (Phi) is 3.33. The molecule has 2 fully saturated rings. The quantitative estimate of drug-likeness (QED) is 0.784. The second-order valence-corrected chi connectivity index (χ2v) is 6.97. The van der Waals surface area contributed by atoms with Crippen LogP contribution in [-0.4, -0.2) is 23.4 Å². The molecule has 1 spiro atoms. The molecule has 1 N–H and O–H groups in total. The summed E-state index contributed by atoms with van der Waals surface area (Å²) in [5, 5.41) is 10.3. The SMILES string of the molecule is CC(C)(C)CC(O)C1CCOC2(CCC2)C1. The van der Waals surface area contributed by atoms with Crippen LogP contribution in [0.5, 0.6) is 0 Å². The van der Waals surface area contributed by atoms with Crippen molar-refractivity contribution in [3.63, 3.8) is 0 Å². The molecule has 1 aliphatic heterocycles. The van der Waals surface area contributed by atoms with E-state index in [0.717, 1.165) is 25.9 Å². The maximum absolute atomic E-state index is 10.3. The molecule has 1 heterocycles. The maximum atomic E-state index is 10.3. The highest BCUT2D eigenvalue weighted by Gasteiger charge is 2.44. The lowest BCUT2D eigenvalue weighted by atomic mass is 9.69. The Balaban J connectivity index is 1.89. The molecule has 1 saturated carbocycles. The Hall–Kier alpha value is -0.0800. The minimum Gasteiger partial charge on any atom is -0.393 e. The summed E-state index contributed by atoms with van der Waals surface area (Å²) < 4.78 is 5.90. The summed E-state index contributed by atoms with van der Waals surface area (Å²) in [6, 6.07) is 0. The van der Waals surface area contributed by atoms with Gasteiger partial charge < -0.3 is 9.84 Å². The smallest absolute Gasteiger partial charge is 0.0686 e. The molecule has 0 aromatic rings. The number of hydrogen-bond acceptors (Lipinski definition) is 2. The first-order chi connectivity index (χ1) is 7.40. The van der Waals surface area contributed by atoms with Gasteiger partial charge in [0.15, 0.2) is 0 Å². The third kappa shape index (κ3) is 2.78. The molecule has 2 rings (SSSR count). The van der Waals surface area contributed by atoms with Crippen molar-refractivity contribution in [3.05, 3.63) is 0 Å². The average molecular weight is 226 g/mol. The van der Waals surface area contributed by atoms with E-state index in [-0.39, 0.29) is 17.1 Å². The molecule has 2 unspecified atom stereocenters. The fraction of sp³-hybridized carbons (Fsp3) is 1.00. The van der Waals surface area contributed by atoms with Crippen LogP contribution in [0, 0.1) is 11.3 Å².